The predicted molar refractivity (Wildman–Crippen MR) is 80.5 cm³/mol. The van der Waals surface area contributed by atoms with Crippen LogP contribution in [0.4, 0.5) is 18.0 Å². The van der Waals surface area contributed by atoms with E-state index in [9.17, 15) is 27.9 Å². The van der Waals surface area contributed by atoms with Crippen LogP contribution < -0.4 is 5.56 Å². The molecule has 3 atom stereocenters. The fourth-order valence-electron chi connectivity index (χ4n) is 3.92. The summed E-state index contributed by atoms with van der Waals surface area (Å²) in [6.45, 7) is 0.532. The Balaban J connectivity index is 1.75. The zero-order valence-electron chi connectivity index (χ0n) is 13.5. The molecule has 25 heavy (non-hydrogen) atoms. The smallest absolute Gasteiger partial charge is 0.407 e. The van der Waals surface area contributed by atoms with Crippen molar-refractivity contribution in [3.05, 3.63) is 22.2 Å². The third-order valence-corrected chi connectivity index (χ3v) is 5.09. The molecule has 1 aromatic rings. The van der Waals surface area contributed by atoms with Crippen LogP contribution in [0.25, 0.3) is 0 Å². The lowest BCUT2D eigenvalue weighted by Gasteiger charge is -2.40. The normalized spacial score (nSPS) is 28.4. The van der Waals surface area contributed by atoms with Gasteiger partial charge in [-0.05, 0) is 32.2 Å². The zero-order valence-corrected chi connectivity index (χ0v) is 13.5. The number of hydrogen-bond acceptors (Lipinski definition) is 4. The van der Waals surface area contributed by atoms with Crippen LogP contribution in [-0.2, 0) is 0 Å². The first kappa shape index (κ1) is 17.8. The number of rotatable bonds is 3. The monoisotopic (exact) mass is 363 g/mol. The molecule has 140 valence electrons. The van der Waals surface area contributed by atoms with E-state index in [1.807, 2.05) is 0 Å². The summed E-state index contributed by atoms with van der Waals surface area (Å²) >= 11 is 0. The van der Waals surface area contributed by atoms with E-state index in [0.29, 0.717) is 31.6 Å². The first-order valence-electron chi connectivity index (χ1n) is 8.24. The molecule has 0 spiro atoms. The van der Waals surface area contributed by atoms with Crippen molar-refractivity contribution >= 4 is 6.09 Å². The lowest BCUT2D eigenvalue weighted by atomic mass is 9.88. The highest BCUT2D eigenvalue weighted by molar-refractivity contribution is 5.65. The number of aromatic amines is 1. The molecule has 0 aromatic carbocycles. The van der Waals surface area contributed by atoms with Crippen LogP contribution in [0.2, 0.25) is 0 Å². The van der Waals surface area contributed by atoms with E-state index in [1.165, 1.54) is 15.9 Å². The summed E-state index contributed by atoms with van der Waals surface area (Å²) in [5.74, 6) is 0.236. The number of piperidine rings is 1. The summed E-state index contributed by atoms with van der Waals surface area (Å²) in [6.07, 6.45) is -4.17. The van der Waals surface area contributed by atoms with Crippen molar-refractivity contribution in [2.24, 2.45) is 0 Å². The van der Waals surface area contributed by atoms with E-state index in [0.717, 1.165) is 0 Å². The van der Waals surface area contributed by atoms with E-state index >= 15 is 0 Å². The highest BCUT2D eigenvalue weighted by Crippen LogP contribution is 2.36. The molecule has 2 fully saturated rings. The molecule has 3 rings (SSSR count). The van der Waals surface area contributed by atoms with Crippen molar-refractivity contribution in [2.75, 3.05) is 19.6 Å². The summed E-state index contributed by atoms with van der Waals surface area (Å²) in [6, 6.07) is -0.778. The molecule has 2 saturated heterocycles. The average molecular weight is 363 g/mol. The number of H-pyrrole nitrogens is 1. The molecule has 2 aliphatic heterocycles. The van der Waals surface area contributed by atoms with Gasteiger partial charge in [0, 0.05) is 31.1 Å². The number of nitrogens with zero attached hydrogens (tertiary/aromatic N) is 2. The molecule has 10 heteroatoms. The Labute approximate surface area is 141 Å². The molecule has 0 aliphatic carbocycles. The number of amides is 1. The van der Waals surface area contributed by atoms with Gasteiger partial charge in [-0.3, -0.25) is 9.69 Å². The topological polar surface area (TPSA) is 89.8 Å². The maximum atomic E-state index is 13.1. The Morgan fingerprint density at radius 2 is 2.12 bits per heavy atom. The average Bonchev–Trinajstić information content (AvgIpc) is 3.15. The van der Waals surface area contributed by atoms with Crippen LogP contribution >= 0.6 is 0 Å². The molecule has 2 unspecified atom stereocenters. The zero-order chi connectivity index (χ0) is 18.2. The van der Waals surface area contributed by atoms with E-state index in [-0.39, 0.29) is 31.0 Å². The summed E-state index contributed by atoms with van der Waals surface area (Å²) in [5, 5.41) is 11.6. The van der Waals surface area contributed by atoms with Crippen molar-refractivity contribution in [3.8, 4) is 0 Å². The number of alkyl halides is 3. The van der Waals surface area contributed by atoms with Crippen LogP contribution in [0.1, 0.15) is 37.4 Å². The molecule has 2 aliphatic rings. The van der Waals surface area contributed by atoms with Crippen molar-refractivity contribution < 1.29 is 27.6 Å². The van der Waals surface area contributed by atoms with Gasteiger partial charge in [0.25, 0.3) is 5.56 Å². The Morgan fingerprint density at radius 3 is 2.72 bits per heavy atom. The van der Waals surface area contributed by atoms with E-state index < -0.39 is 24.4 Å². The van der Waals surface area contributed by atoms with Gasteiger partial charge in [-0.2, -0.15) is 18.3 Å². The van der Waals surface area contributed by atoms with Crippen molar-refractivity contribution in [1.29, 1.82) is 0 Å². The molecule has 0 saturated carbocycles. The quantitative estimate of drug-likeness (QED) is 0.860. The third kappa shape index (κ3) is 3.83. The Morgan fingerprint density at radius 1 is 1.36 bits per heavy atom. The van der Waals surface area contributed by atoms with Gasteiger partial charge in [0.2, 0.25) is 0 Å². The summed E-state index contributed by atoms with van der Waals surface area (Å²) in [4.78, 5) is 25.2. The van der Waals surface area contributed by atoms with Crippen molar-refractivity contribution in [3.63, 3.8) is 0 Å². The Bertz CT molecular complexity index is 671. The van der Waals surface area contributed by atoms with Crippen LogP contribution in [0.5, 0.6) is 0 Å². The van der Waals surface area contributed by atoms with Crippen LogP contribution in [-0.4, -0.2) is 64.1 Å². The van der Waals surface area contributed by atoms with Gasteiger partial charge in [-0.1, -0.05) is 0 Å². The van der Waals surface area contributed by atoms with Crippen LogP contribution in [0.3, 0.4) is 0 Å². The molecule has 3 heterocycles. The lowest BCUT2D eigenvalue weighted by Crippen LogP contribution is -2.53. The highest BCUT2D eigenvalue weighted by Gasteiger charge is 2.47. The number of hydrogen-bond donors (Lipinski definition) is 2. The van der Waals surface area contributed by atoms with E-state index in [2.05, 4.69) is 5.16 Å². The number of likely N-dealkylation sites (tertiary alicyclic amines) is 2. The highest BCUT2D eigenvalue weighted by atomic mass is 19.4. The minimum atomic E-state index is -4.31. The number of aromatic nitrogens is 1. The second kappa shape index (κ2) is 6.74. The molecule has 0 radical (unpaired) electrons. The molecular weight excluding hydrogens is 343 g/mol. The largest absolute Gasteiger partial charge is 0.465 e. The molecular formula is C15H20F3N3O4. The SMILES string of the molecule is O=C(O)N1CCC(c2cc(=O)[nH]o2)CC1CN1CCC[C@@H]1C(F)(F)F. The standard InChI is InChI=1S/C15H20F3N3O4/c16-15(17,18)12-2-1-4-20(12)8-10-6-9(3-5-21(10)14(23)24)11-7-13(22)19-25-11/h7,9-10,12H,1-6,8H2,(H,19,22)(H,23,24)/t9?,10?,12-/m1/s1. The molecule has 1 amide bonds. The van der Waals surface area contributed by atoms with Crippen molar-refractivity contribution in [2.45, 2.75) is 49.9 Å². The predicted octanol–water partition coefficient (Wildman–Crippen LogP) is 2.22. The molecule has 1 aromatic heterocycles. The van der Waals surface area contributed by atoms with Gasteiger partial charge in [0.1, 0.15) is 11.8 Å². The summed E-state index contributed by atoms with van der Waals surface area (Å²) in [7, 11) is 0. The summed E-state index contributed by atoms with van der Waals surface area (Å²) in [5.41, 5.74) is -0.385. The maximum absolute atomic E-state index is 13.1. The number of carboxylic acid groups (broad SMARTS) is 1. The third-order valence-electron chi connectivity index (χ3n) is 5.09. The van der Waals surface area contributed by atoms with Gasteiger partial charge < -0.3 is 14.5 Å². The molecule has 0 bridgehead atoms. The fraction of sp³-hybridized carbons (Fsp3) is 0.733. The molecule has 2 N–H and O–H groups in total. The minimum absolute atomic E-state index is 0.0294. The lowest BCUT2D eigenvalue weighted by molar-refractivity contribution is -0.177. The maximum Gasteiger partial charge on any atom is 0.407 e. The minimum Gasteiger partial charge on any atom is -0.465 e. The second-order valence-corrected chi connectivity index (χ2v) is 6.66. The van der Waals surface area contributed by atoms with Gasteiger partial charge in [-0.25, -0.2) is 4.79 Å². The van der Waals surface area contributed by atoms with E-state index in [4.69, 9.17) is 4.52 Å². The van der Waals surface area contributed by atoms with Gasteiger partial charge in [-0.15, -0.1) is 0 Å². The Kier molecular flexibility index (Phi) is 4.81. The van der Waals surface area contributed by atoms with Gasteiger partial charge in [0.15, 0.2) is 0 Å². The van der Waals surface area contributed by atoms with Gasteiger partial charge in [0.05, 0.1) is 0 Å². The number of carbonyl (C=O) groups is 1. The van der Waals surface area contributed by atoms with E-state index in [1.54, 1.807) is 0 Å². The van der Waals surface area contributed by atoms with Gasteiger partial charge >= 0.3 is 12.3 Å². The fourth-order valence-corrected chi connectivity index (χ4v) is 3.92. The first-order valence-corrected chi connectivity index (χ1v) is 8.24. The number of halogens is 3. The Hall–Kier alpha value is -1.97. The van der Waals surface area contributed by atoms with Crippen molar-refractivity contribution in [1.82, 2.24) is 15.0 Å². The second-order valence-electron chi connectivity index (χ2n) is 6.66. The molecule has 7 nitrogen and oxygen atoms in total. The summed E-state index contributed by atoms with van der Waals surface area (Å²) < 4.78 is 44.5. The first-order chi connectivity index (χ1) is 11.8. The number of nitrogens with one attached hydrogen (secondary N) is 1. The van der Waals surface area contributed by atoms with Crippen LogP contribution in [0, 0.1) is 0 Å². The van der Waals surface area contributed by atoms with Crippen LogP contribution in [0.15, 0.2) is 15.4 Å².